The Balaban J connectivity index is 1.94. The normalized spacial score (nSPS) is 16.3. The Morgan fingerprint density at radius 2 is 1.89 bits per heavy atom. The monoisotopic (exact) mass is 248 g/mol. The quantitative estimate of drug-likeness (QED) is 0.815. The summed E-state index contributed by atoms with van der Waals surface area (Å²) in [6.45, 7) is 2.85. The second-order valence-electron chi connectivity index (χ2n) is 4.05. The van der Waals surface area contributed by atoms with Crippen molar-refractivity contribution in [1.82, 2.24) is 0 Å². The zero-order chi connectivity index (χ0) is 12.5. The maximum Gasteiger partial charge on any atom is 0.336 e. The number of ether oxygens (including phenoxy) is 2. The van der Waals surface area contributed by atoms with Gasteiger partial charge in [-0.3, -0.25) is 0 Å². The first-order valence-electron chi connectivity index (χ1n) is 5.67. The molecule has 2 aromatic rings. The molecule has 2 aromatic heterocycles. The van der Waals surface area contributed by atoms with Crippen LogP contribution < -0.4 is 5.63 Å². The van der Waals surface area contributed by atoms with E-state index in [1.807, 2.05) is 0 Å². The molecule has 1 fully saturated rings. The van der Waals surface area contributed by atoms with Crippen LogP contribution in [0.4, 0.5) is 0 Å². The average Bonchev–Trinajstić information content (AvgIpc) is 2.99. The van der Waals surface area contributed by atoms with Crippen molar-refractivity contribution in [2.24, 2.45) is 0 Å². The van der Waals surface area contributed by atoms with E-state index in [1.165, 1.54) is 6.07 Å². The Bertz CT molecular complexity index is 604. The molecular weight excluding hydrogens is 236 g/mol. The van der Waals surface area contributed by atoms with Gasteiger partial charge in [-0.15, -0.1) is 0 Å². The van der Waals surface area contributed by atoms with Gasteiger partial charge in [0, 0.05) is 11.6 Å². The summed E-state index contributed by atoms with van der Waals surface area (Å²) >= 11 is 0. The van der Waals surface area contributed by atoms with E-state index < -0.39 is 11.9 Å². The van der Waals surface area contributed by atoms with E-state index in [4.69, 9.17) is 18.3 Å². The first kappa shape index (κ1) is 11.3. The minimum atomic E-state index is -0.444. The fourth-order valence-electron chi connectivity index (χ4n) is 1.90. The third-order valence-electron chi connectivity index (χ3n) is 2.66. The lowest BCUT2D eigenvalue weighted by Gasteiger charge is -2.04. The van der Waals surface area contributed by atoms with Crippen LogP contribution in [0.2, 0.25) is 0 Å². The number of furan rings is 1. The summed E-state index contributed by atoms with van der Waals surface area (Å²) in [7, 11) is 0. The van der Waals surface area contributed by atoms with E-state index in [-0.39, 0.29) is 0 Å². The maximum absolute atomic E-state index is 11.3. The third kappa shape index (κ3) is 2.10. The standard InChI is InChI=1S/C13H12O5/c1-8-6-9(7-12(14)17-8)10-2-3-11(18-10)13-15-4-5-16-13/h2-3,6-7,13H,4-5H2,1H3. The highest BCUT2D eigenvalue weighted by molar-refractivity contribution is 5.57. The van der Waals surface area contributed by atoms with Gasteiger partial charge in [0.15, 0.2) is 5.76 Å². The number of aryl methyl sites for hydroxylation is 1. The molecule has 3 heterocycles. The maximum atomic E-state index is 11.3. The van der Waals surface area contributed by atoms with Gasteiger partial charge >= 0.3 is 5.63 Å². The zero-order valence-electron chi connectivity index (χ0n) is 9.84. The molecule has 0 bridgehead atoms. The fourth-order valence-corrected chi connectivity index (χ4v) is 1.90. The molecule has 3 rings (SSSR count). The molecule has 0 aliphatic carbocycles. The fraction of sp³-hybridized carbons (Fsp3) is 0.308. The van der Waals surface area contributed by atoms with Gasteiger partial charge in [0.25, 0.3) is 0 Å². The van der Waals surface area contributed by atoms with Crippen LogP contribution in [-0.4, -0.2) is 13.2 Å². The molecule has 0 unspecified atom stereocenters. The van der Waals surface area contributed by atoms with Gasteiger partial charge in [0.2, 0.25) is 6.29 Å². The van der Waals surface area contributed by atoms with E-state index >= 15 is 0 Å². The first-order chi connectivity index (χ1) is 8.72. The second kappa shape index (κ2) is 4.44. The predicted molar refractivity (Wildman–Crippen MR) is 62.1 cm³/mol. The van der Waals surface area contributed by atoms with Crippen molar-refractivity contribution in [2.45, 2.75) is 13.2 Å². The van der Waals surface area contributed by atoms with Crippen LogP contribution in [0, 0.1) is 6.92 Å². The van der Waals surface area contributed by atoms with Crippen LogP contribution >= 0.6 is 0 Å². The summed E-state index contributed by atoms with van der Waals surface area (Å²) in [6, 6.07) is 6.72. The van der Waals surface area contributed by atoms with E-state index in [0.29, 0.717) is 36.1 Å². The molecule has 0 atom stereocenters. The zero-order valence-corrected chi connectivity index (χ0v) is 9.84. The van der Waals surface area contributed by atoms with Crippen LogP contribution in [0.25, 0.3) is 11.3 Å². The molecular formula is C13H12O5. The molecule has 0 saturated carbocycles. The van der Waals surface area contributed by atoms with Crippen molar-refractivity contribution in [1.29, 1.82) is 0 Å². The van der Waals surface area contributed by atoms with E-state index in [9.17, 15) is 4.79 Å². The van der Waals surface area contributed by atoms with Crippen molar-refractivity contribution >= 4 is 0 Å². The van der Waals surface area contributed by atoms with Gasteiger partial charge < -0.3 is 18.3 Å². The summed E-state index contributed by atoms with van der Waals surface area (Å²) < 4.78 is 21.2. The highest BCUT2D eigenvalue weighted by atomic mass is 16.7. The van der Waals surface area contributed by atoms with E-state index in [0.717, 1.165) is 0 Å². The molecule has 94 valence electrons. The van der Waals surface area contributed by atoms with Crippen LogP contribution in [0.1, 0.15) is 17.8 Å². The molecule has 0 N–H and O–H groups in total. The van der Waals surface area contributed by atoms with Crippen molar-refractivity contribution < 1.29 is 18.3 Å². The van der Waals surface area contributed by atoms with Crippen LogP contribution in [0.3, 0.4) is 0 Å². The van der Waals surface area contributed by atoms with Crippen molar-refractivity contribution in [3.05, 3.63) is 46.2 Å². The Morgan fingerprint density at radius 3 is 2.61 bits per heavy atom. The Morgan fingerprint density at radius 1 is 1.11 bits per heavy atom. The van der Waals surface area contributed by atoms with E-state index in [1.54, 1.807) is 25.1 Å². The highest BCUT2D eigenvalue weighted by Crippen LogP contribution is 2.29. The third-order valence-corrected chi connectivity index (χ3v) is 2.66. The number of hydrogen-bond acceptors (Lipinski definition) is 5. The topological polar surface area (TPSA) is 61.8 Å². The molecule has 0 radical (unpaired) electrons. The number of rotatable bonds is 2. The predicted octanol–water partition coefficient (Wildman–Crippen LogP) is 2.25. The van der Waals surface area contributed by atoms with Crippen LogP contribution in [0.5, 0.6) is 0 Å². The van der Waals surface area contributed by atoms with Gasteiger partial charge in [-0.05, 0) is 25.1 Å². The smallest absolute Gasteiger partial charge is 0.336 e. The summed E-state index contributed by atoms with van der Waals surface area (Å²) in [5, 5.41) is 0. The second-order valence-corrected chi connectivity index (χ2v) is 4.05. The summed E-state index contributed by atoms with van der Waals surface area (Å²) in [5.41, 5.74) is 0.296. The molecule has 0 amide bonds. The Kier molecular flexibility index (Phi) is 2.77. The molecule has 5 heteroatoms. The molecule has 18 heavy (non-hydrogen) atoms. The van der Waals surface area contributed by atoms with Gasteiger partial charge in [-0.2, -0.15) is 0 Å². The summed E-state index contributed by atoms with van der Waals surface area (Å²) in [6.07, 6.45) is -0.444. The van der Waals surface area contributed by atoms with E-state index in [2.05, 4.69) is 0 Å². The van der Waals surface area contributed by atoms with Gasteiger partial charge in [0.05, 0.1) is 13.2 Å². The number of hydrogen-bond donors (Lipinski definition) is 0. The first-order valence-corrected chi connectivity index (χ1v) is 5.67. The Labute approximate surface area is 103 Å². The molecule has 1 saturated heterocycles. The molecule has 5 nitrogen and oxygen atoms in total. The lowest BCUT2D eigenvalue weighted by Crippen LogP contribution is -1.98. The summed E-state index contributed by atoms with van der Waals surface area (Å²) in [5.74, 6) is 1.75. The molecule has 1 aliphatic rings. The largest absolute Gasteiger partial charge is 0.456 e. The Hall–Kier alpha value is -1.85. The van der Waals surface area contributed by atoms with Crippen molar-refractivity contribution in [3.63, 3.8) is 0 Å². The highest BCUT2D eigenvalue weighted by Gasteiger charge is 2.22. The minimum absolute atomic E-state index is 0.392. The SMILES string of the molecule is Cc1cc(-c2ccc(C3OCCO3)o2)cc(=O)o1. The molecule has 0 spiro atoms. The lowest BCUT2D eigenvalue weighted by molar-refractivity contribution is -0.0585. The van der Waals surface area contributed by atoms with Crippen LogP contribution in [-0.2, 0) is 9.47 Å². The van der Waals surface area contributed by atoms with Gasteiger partial charge in [0.1, 0.15) is 11.5 Å². The average molecular weight is 248 g/mol. The van der Waals surface area contributed by atoms with Crippen molar-refractivity contribution in [2.75, 3.05) is 13.2 Å². The van der Waals surface area contributed by atoms with Gasteiger partial charge in [-0.25, -0.2) is 4.79 Å². The minimum Gasteiger partial charge on any atom is -0.456 e. The van der Waals surface area contributed by atoms with Gasteiger partial charge in [-0.1, -0.05) is 0 Å². The van der Waals surface area contributed by atoms with Crippen LogP contribution in [0.15, 0.2) is 37.9 Å². The lowest BCUT2D eigenvalue weighted by atomic mass is 10.2. The summed E-state index contributed by atoms with van der Waals surface area (Å²) in [4.78, 5) is 11.3. The molecule has 1 aliphatic heterocycles. The molecule has 0 aromatic carbocycles. The van der Waals surface area contributed by atoms with Crippen molar-refractivity contribution in [3.8, 4) is 11.3 Å².